The quantitative estimate of drug-likeness (QED) is 0.0799. The standard InChI is InChI=1S/C29H39N7O6/c1-3-25(39)34-20(2)26(40)36(23(17-37)16-21-10-6-4-7-11-21)29(19-38,24(30)14-15-33-27(31)32)35-28(41)42-18-22-12-8-5-9-13-22/h4-13,17,19-20,23-24H,3,14-16,18,30H2,1-2H3,(H,34,39)(H,35,41)(H4,31,32,33)/t20-,23?,24?,29+/m1/s1. The minimum Gasteiger partial charge on any atom is -0.445 e. The van der Waals surface area contributed by atoms with Gasteiger partial charge in [0.15, 0.2) is 17.9 Å². The molecule has 0 spiro atoms. The van der Waals surface area contributed by atoms with E-state index in [1.807, 2.05) is 0 Å². The van der Waals surface area contributed by atoms with Gasteiger partial charge in [-0.2, -0.15) is 0 Å². The molecule has 0 radical (unpaired) electrons. The molecule has 0 saturated carbocycles. The summed E-state index contributed by atoms with van der Waals surface area (Å²) < 4.78 is 5.35. The number of aliphatic imine (C=N–C) groups is 1. The van der Waals surface area contributed by atoms with Gasteiger partial charge in [0.25, 0.3) is 0 Å². The average molecular weight is 582 g/mol. The molecule has 0 heterocycles. The highest BCUT2D eigenvalue weighted by molar-refractivity contribution is 5.93. The first-order valence-electron chi connectivity index (χ1n) is 13.5. The number of ether oxygens (including phenoxy) is 1. The summed E-state index contributed by atoms with van der Waals surface area (Å²) >= 11 is 0. The van der Waals surface area contributed by atoms with Gasteiger partial charge in [-0.05, 0) is 30.9 Å². The number of nitrogens with one attached hydrogen (secondary N) is 2. The van der Waals surface area contributed by atoms with Crippen molar-refractivity contribution in [2.75, 3.05) is 6.54 Å². The fourth-order valence-electron chi connectivity index (χ4n) is 4.27. The number of nitrogens with two attached hydrogens (primary N) is 3. The summed E-state index contributed by atoms with van der Waals surface area (Å²) in [5.74, 6) is -1.50. The number of guanidine groups is 1. The lowest BCUT2D eigenvalue weighted by molar-refractivity contribution is -0.153. The Kier molecular flexibility index (Phi) is 13.1. The molecule has 13 heteroatoms. The third-order valence-corrected chi connectivity index (χ3v) is 6.48. The van der Waals surface area contributed by atoms with Crippen molar-refractivity contribution < 1.29 is 28.7 Å². The Bertz CT molecular complexity index is 1220. The van der Waals surface area contributed by atoms with Crippen LogP contribution in [0.25, 0.3) is 0 Å². The summed E-state index contributed by atoms with van der Waals surface area (Å²) in [5, 5.41) is 5.00. The summed E-state index contributed by atoms with van der Waals surface area (Å²) in [4.78, 5) is 69.8. The molecule has 0 aromatic heterocycles. The molecule has 42 heavy (non-hydrogen) atoms. The molecule has 8 N–H and O–H groups in total. The molecular weight excluding hydrogens is 542 g/mol. The van der Waals surface area contributed by atoms with Crippen molar-refractivity contribution in [1.29, 1.82) is 0 Å². The van der Waals surface area contributed by atoms with Gasteiger partial charge in [-0.25, -0.2) is 4.79 Å². The van der Waals surface area contributed by atoms with Crippen LogP contribution >= 0.6 is 0 Å². The molecule has 0 bridgehead atoms. The molecule has 2 aromatic carbocycles. The third kappa shape index (κ3) is 9.41. The smallest absolute Gasteiger partial charge is 0.409 e. The van der Waals surface area contributed by atoms with Crippen molar-refractivity contribution in [3.05, 3.63) is 71.8 Å². The normalized spacial score (nSPS) is 14.2. The highest BCUT2D eigenvalue weighted by atomic mass is 16.5. The van der Waals surface area contributed by atoms with E-state index in [4.69, 9.17) is 21.9 Å². The molecule has 13 nitrogen and oxygen atoms in total. The van der Waals surface area contributed by atoms with Crippen molar-refractivity contribution in [3.8, 4) is 0 Å². The summed E-state index contributed by atoms with van der Waals surface area (Å²) in [7, 11) is 0. The molecule has 0 aliphatic rings. The average Bonchev–Trinajstić information content (AvgIpc) is 2.99. The second-order valence-corrected chi connectivity index (χ2v) is 9.58. The van der Waals surface area contributed by atoms with E-state index in [0.717, 1.165) is 4.90 Å². The number of amides is 3. The van der Waals surface area contributed by atoms with Crippen molar-refractivity contribution in [2.24, 2.45) is 22.2 Å². The molecule has 4 atom stereocenters. The lowest BCUT2D eigenvalue weighted by Crippen LogP contribution is -2.75. The minimum atomic E-state index is -2.31. The van der Waals surface area contributed by atoms with Crippen LogP contribution in [0.1, 0.15) is 37.8 Å². The van der Waals surface area contributed by atoms with Crippen molar-refractivity contribution in [2.45, 2.75) is 63.5 Å². The summed E-state index contributed by atoms with van der Waals surface area (Å²) in [5.41, 5.74) is 16.4. The largest absolute Gasteiger partial charge is 0.445 e. The molecule has 226 valence electrons. The number of alkyl carbamates (subject to hydrolysis) is 1. The van der Waals surface area contributed by atoms with Crippen molar-refractivity contribution >= 4 is 36.4 Å². The Morgan fingerprint density at radius 2 is 1.62 bits per heavy atom. The van der Waals surface area contributed by atoms with E-state index in [2.05, 4.69) is 15.6 Å². The van der Waals surface area contributed by atoms with Crippen LogP contribution in [0, 0.1) is 0 Å². The second-order valence-electron chi connectivity index (χ2n) is 9.58. The number of benzene rings is 2. The number of hydrogen-bond donors (Lipinski definition) is 5. The molecule has 2 aromatic rings. The van der Waals surface area contributed by atoms with E-state index in [1.54, 1.807) is 67.6 Å². The number of hydrogen-bond acceptors (Lipinski definition) is 8. The summed E-state index contributed by atoms with van der Waals surface area (Å²) in [6.45, 7) is 2.80. The fraction of sp³-hybridized carbons (Fsp3) is 0.379. The third-order valence-electron chi connectivity index (χ3n) is 6.48. The predicted octanol–water partition coefficient (Wildman–Crippen LogP) is 0.352. The van der Waals surface area contributed by atoms with Crippen LogP contribution < -0.4 is 27.8 Å². The van der Waals surface area contributed by atoms with E-state index in [-0.39, 0.29) is 44.7 Å². The van der Waals surface area contributed by atoms with Gasteiger partial charge in [-0.1, -0.05) is 67.6 Å². The molecular formula is C29H39N7O6. The molecule has 3 amide bonds. The van der Waals surface area contributed by atoms with Gasteiger partial charge >= 0.3 is 6.09 Å². The van der Waals surface area contributed by atoms with Crippen LogP contribution in [-0.4, -0.2) is 71.7 Å². The molecule has 0 saturated heterocycles. The number of rotatable bonds is 16. The topological polar surface area (TPSA) is 212 Å². The number of nitrogens with zero attached hydrogens (tertiary/aromatic N) is 2. The van der Waals surface area contributed by atoms with Gasteiger partial charge in [-0.15, -0.1) is 0 Å². The Balaban J connectivity index is 2.60. The maximum absolute atomic E-state index is 14.0. The molecule has 0 aliphatic carbocycles. The maximum atomic E-state index is 14.0. The van der Waals surface area contributed by atoms with Gasteiger partial charge in [0.1, 0.15) is 18.9 Å². The zero-order valence-corrected chi connectivity index (χ0v) is 23.8. The van der Waals surface area contributed by atoms with Crippen molar-refractivity contribution in [1.82, 2.24) is 15.5 Å². The first-order chi connectivity index (χ1) is 20.1. The van der Waals surface area contributed by atoms with E-state index >= 15 is 0 Å². The Morgan fingerprint density at radius 1 is 1.02 bits per heavy atom. The zero-order valence-electron chi connectivity index (χ0n) is 23.8. The summed E-state index contributed by atoms with van der Waals surface area (Å²) in [6, 6.07) is 13.7. The first kappa shape index (κ1) is 33.4. The Labute approximate surface area is 244 Å². The number of carbonyl (C=O) groups excluding carboxylic acids is 5. The molecule has 0 fully saturated rings. The lowest BCUT2D eigenvalue weighted by Gasteiger charge is -2.47. The van der Waals surface area contributed by atoms with Crippen LogP contribution in [0.3, 0.4) is 0 Å². The fourth-order valence-corrected chi connectivity index (χ4v) is 4.27. The monoisotopic (exact) mass is 581 g/mol. The maximum Gasteiger partial charge on any atom is 0.409 e. The van der Waals surface area contributed by atoms with Crippen LogP contribution in [0.2, 0.25) is 0 Å². The zero-order chi connectivity index (χ0) is 31.1. The Hall–Kier alpha value is -4.78. The van der Waals surface area contributed by atoms with Gasteiger partial charge in [0.05, 0.1) is 12.1 Å². The van der Waals surface area contributed by atoms with Gasteiger partial charge in [0.2, 0.25) is 11.8 Å². The van der Waals surface area contributed by atoms with Crippen molar-refractivity contribution in [3.63, 3.8) is 0 Å². The SMILES string of the molecule is CCC(=O)N[C@H](C)C(=O)N(C(C=O)Cc1ccccc1)[C@](C=O)(NC(=O)OCc1ccccc1)C(N)CCN=C(N)N. The van der Waals surface area contributed by atoms with Crippen LogP contribution in [-0.2, 0) is 36.9 Å². The highest BCUT2D eigenvalue weighted by Crippen LogP contribution is 2.24. The van der Waals surface area contributed by atoms with E-state index in [1.165, 1.54) is 6.92 Å². The number of carbonyl (C=O) groups is 5. The van der Waals surface area contributed by atoms with Crippen LogP contribution in [0.4, 0.5) is 4.79 Å². The Morgan fingerprint density at radius 3 is 2.14 bits per heavy atom. The van der Waals surface area contributed by atoms with Crippen LogP contribution in [0.5, 0.6) is 0 Å². The van der Waals surface area contributed by atoms with Crippen LogP contribution in [0.15, 0.2) is 65.7 Å². The summed E-state index contributed by atoms with van der Waals surface area (Å²) in [6.07, 6.45) is -0.342. The molecule has 0 aliphatic heterocycles. The lowest BCUT2D eigenvalue weighted by atomic mass is 9.92. The minimum absolute atomic E-state index is 0.0263. The van der Waals surface area contributed by atoms with Gasteiger partial charge in [-0.3, -0.25) is 29.6 Å². The van der Waals surface area contributed by atoms with E-state index in [9.17, 15) is 24.0 Å². The van der Waals surface area contributed by atoms with E-state index in [0.29, 0.717) is 17.4 Å². The van der Waals surface area contributed by atoms with E-state index < -0.39 is 41.7 Å². The first-order valence-corrected chi connectivity index (χ1v) is 13.5. The molecule has 2 rings (SSSR count). The highest BCUT2D eigenvalue weighted by Gasteiger charge is 2.50. The predicted molar refractivity (Wildman–Crippen MR) is 157 cm³/mol. The van der Waals surface area contributed by atoms with Gasteiger partial charge in [0, 0.05) is 13.0 Å². The second kappa shape index (κ2) is 16.5. The van der Waals surface area contributed by atoms with Gasteiger partial charge < -0.3 is 32.0 Å². The molecule has 2 unspecified atom stereocenters. The number of aldehydes is 2.